The molecule has 3 fully saturated rings. The van der Waals surface area contributed by atoms with Gasteiger partial charge in [-0.15, -0.1) is 11.3 Å². The Balaban J connectivity index is 1.20. The molecule has 5 rings (SSSR count). The van der Waals surface area contributed by atoms with Crippen molar-refractivity contribution in [2.45, 2.75) is 89.9 Å². The summed E-state index contributed by atoms with van der Waals surface area (Å²) in [5.41, 5.74) is 0.466. The summed E-state index contributed by atoms with van der Waals surface area (Å²) in [5, 5.41) is 14.5. The number of piperidine rings is 1. The van der Waals surface area contributed by atoms with E-state index in [9.17, 15) is 14.9 Å². The van der Waals surface area contributed by atoms with Gasteiger partial charge in [-0.25, -0.2) is 4.79 Å². The van der Waals surface area contributed by atoms with E-state index in [2.05, 4.69) is 29.5 Å². The van der Waals surface area contributed by atoms with Crippen molar-refractivity contribution in [1.29, 1.82) is 5.26 Å². The van der Waals surface area contributed by atoms with Gasteiger partial charge < -0.3 is 9.47 Å². The molecule has 9 heteroatoms. The highest BCUT2D eigenvalue weighted by Gasteiger charge is 2.52. The fourth-order valence-corrected chi connectivity index (χ4v) is 7.24. The third kappa shape index (κ3) is 6.13. The minimum absolute atomic E-state index is 0.0132. The molecule has 2 aliphatic heterocycles. The number of amides is 1. The molecule has 38 heavy (non-hydrogen) atoms. The molecule has 0 N–H and O–H groups in total. The van der Waals surface area contributed by atoms with Crippen LogP contribution in [0.2, 0.25) is 0 Å². The second-order valence-corrected chi connectivity index (χ2v) is 13.2. The fourth-order valence-electron chi connectivity index (χ4n) is 6.18. The van der Waals surface area contributed by atoms with Crippen LogP contribution in [0.1, 0.15) is 64.2 Å². The van der Waals surface area contributed by atoms with Crippen LogP contribution >= 0.6 is 11.3 Å². The number of Topliss-reactive ketones (excluding diaryl/α,β-unsaturated/α-hetero) is 1. The first-order valence-electron chi connectivity index (χ1n) is 13.8. The van der Waals surface area contributed by atoms with Gasteiger partial charge in [0.2, 0.25) is 0 Å². The van der Waals surface area contributed by atoms with Crippen molar-refractivity contribution in [3.05, 3.63) is 29.4 Å². The quantitative estimate of drug-likeness (QED) is 0.442. The van der Waals surface area contributed by atoms with E-state index in [0.717, 1.165) is 67.2 Å². The van der Waals surface area contributed by atoms with Crippen LogP contribution in [0.4, 0.5) is 4.79 Å². The standard InChI is InChI=1S/C29H38N4O4S/c1-29(2,3)37-28(35)33-23-5-4-21(14-23)27(33)25(34)13-20(15-30)12-24-6-7-26(38-24)22-16-31-32(18-22)17-19-8-10-36-11-9-19/h6-7,16,18-21,23,27H,4-5,8-14,17H2,1-3H3/t20-,21+,23-,27+/m1/s1. The lowest BCUT2D eigenvalue weighted by Gasteiger charge is -2.35. The van der Waals surface area contributed by atoms with Gasteiger partial charge in [-0.05, 0) is 83.3 Å². The molecule has 3 aliphatic rings. The van der Waals surface area contributed by atoms with Crippen molar-refractivity contribution in [2.75, 3.05) is 13.2 Å². The summed E-state index contributed by atoms with van der Waals surface area (Å²) in [7, 11) is 0. The molecule has 2 aromatic rings. The summed E-state index contributed by atoms with van der Waals surface area (Å²) in [4.78, 5) is 30.3. The van der Waals surface area contributed by atoms with Crippen LogP contribution in [-0.2, 0) is 27.2 Å². The Kier molecular flexibility index (Phi) is 7.92. The van der Waals surface area contributed by atoms with Crippen molar-refractivity contribution in [3.63, 3.8) is 0 Å². The lowest BCUT2D eigenvalue weighted by atomic mass is 9.89. The maximum absolute atomic E-state index is 13.5. The number of nitriles is 1. The fraction of sp³-hybridized carbons (Fsp3) is 0.655. The lowest BCUT2D eigenvalue weighted by molar-refractivity contribution is -0.126. The number of ether oxygens (including phenoxy) is 2. The first-order valence-corrected chi connectivity index (χ1v) is 14.6. The molecule has 0 aromatic carbocycles. The molecule has 8 nitrogen and oxygen atoms in total. The molecule has 0 radical (unpaired) electrons. The summed E-state index contributed by atoms with van der Waals surface area (Å²) >= 11 is 1.65. The van der Waals surface area contributed by atoms with Gasteiger partial charge in [0.1, 0.15) is 5.60 Å². The maximum Gasteiger partial charge on any atom is 0.411 e. The number of thiophene rings is 1. The molecule has 204 valence electrons. The normalized spacial score (nSPS) is 24.4. The Labute approximate surface area is 228 Å². The second kappa shape index (κ2) is 11.2. The Morgan fingerprint density at radius 3 is 2.76 bits per heavy atom. The molecule has 1 saturated carbocycles. The summed E-state index contributed by atoms with van der Waals surface area (Å²) in [6, 6.07) is 6.07. The maximum atomic E-state index is 13.5. The number of rotatable bonds is 8. The minimum atomic E-state index is -0.611. The zero-order valence-electron chi connectivity index (χ0n) is 22.6. The second-order valence-electron chi connectivity index (χ2n) is 12.0. The summed E-state index contributed by atoms with van der Waals surface area (Å²) in [6.45, 7) is 8.09. The Morgan fingerprint density at radius 1 is 1.24 bits per heavy atom. The molecular weight excluding hydrogens is 500 g/mol. The number of likely N-dealkylation sites (tertiary alicyclic amines) is 1. The zero-order valence-corrected chi connectivity index (χ0v) is 23.4. The van der Waals surface area contributed by atoms with E-state index in [-0.39, 0.29) is 24.2 Å². The molecule has 4 atom stereocenters. The SMILES string of the molecule is CC(C)(C)OC(=O)N1[C@@H]2CC[C@@H](C2)[C@H]1C(=O)C[C@H](C#N)Cc1ccc(-c2cnn(CC3CCOCC3)c2)s1. The van der Waals surface area contributed by atoms with Crippen LogP contribution < -0.4 is 0 Å². The largest absolute Gasteiger partial charge is 0.444 e. The van der Waals surface area contributed by atoms with Gasteiger partial charge in [0.25, 0.3) is 0 Å². The highest BCUT2D eigenvalue weighted by atomic mass is 32.1. The van der Waals surface area contributed by atoms with E-state index in [1.165, 1.54) is 0 Å². The van der Waals surface area contributed by atoms with E-state index >= 15 is 0 Å². The number of carbonyl (C=O) groups excluding carboxylic acids is 2. The monoisotopic (exact) mass is 538 g/mol. The topological polar surface area (TPSA) is 97.5 Å². The summed E-state index contributed by atoms with van der Waals surface area (Å²) in [6.07, 6.45) is 9.13. The Bertz CT molecular complexity index is 1190. The van der Waals surface area contributed by atoms with Crippen molar-refractivity contribution in [1.82, 2.24) is 14.7 Å². The number of hydrogen-bond donors (Lipinski definition) is 0. The average molecular weight is 539 g/mol. The molecule has 4 heterocycles. The van der Waals surface area contributed by atoms with Crippen LogP contribution in [0.15, 0.2) is 24.5 Å². The van der Waals surface area contributed by atoms with Crippen LogP contribution in [-0.4, -0.2) is 57.5 Å². The predicted molar refractivity (Wildman–Crippen MR) is 145 cm³/mol. The van der Waals surface area contributed by atoms with Crippen LogP contribution in [0.5, 0.6) is 0 Å². The number of hydrogen-bond acceptors (Lipinski definition) is 7. The molecular formula is C29H38N4O4S. The molecule has 2 bridgehead atoms. The molecule has 2 saturated heterocycles. The minimum Gasteiger partial charge on any atom is -0.444 e. The summed E-state index contributed by atoms with van der Waals surface area (Å²) in [5.74, 6) is 0.335. The van der Waals surface area contributed by atoms with E-state index < -0.39 is 23.7 Å². The molecule has 1 amide bonds. The van der Waals surface area contributed by atoms with E-state index in [1.54, 1.807) is 16.2 Å². The van der Waals surface area contributed by atoms with E-state index in [4.69, 9.17) is 9.47 Å². The summed E-state index contributed by atoms with van der Waals surface area (Å²) < 4.78 is 13.1. The molecule has 2 aromatic heterocycles. The number of nitrogens with zero attached hydrogens (tertiary/aromatic N) is 4. The van der Waals surface area contributed by atoms with Crippen molar-refractivity contribution in [2.24, 2.45) is 17.8 Å². The first kappa shape index (κ1) is 26.9. The molecule has 0 spiro atoms. The van der Waals surface area contributed by atoms with Gasteiger partial charge in [-0.3, -0.25) is 14.4 Å². The van der Waals surface area contributed by atoms with E-state index in [0.29, 0.717) is 12.3 Å². The number of ketones is 1. The van der Waals surface area contributed by atoms with Gasteiger partial charge in [0.15, 0.2) is 5.78 Å². The predicted octanol–water partition coefficient (Wildman–Crippen LogP) is 5.47. The van der Waals surface area contributed by atoms with Gasteiger partial charge >= 0.3 is 6.09 Å². The van der Waals surface area contributed by atoms with Gasteiger partial charge in [-0.1, -0.05) is 0 Å². The zero-order chi connectivity index (χ0) is 26.9. The highest BCUT2D eigenvalue weighted by Crippen LogP contribution is 2.44. The molecule has 1 aliphatic carbocycles. The van der Waals surface area contributed by atoms with Crippen LogP contribution in [0, 0.1) is 29.1 Å². The highest BCUT2D eigenvalue weighted by molar-refractivity contribution is 7.15. The number of carbonyl (C=O) groups is 2. The van der Waals surface area contributed by atoms with Crippen molar-refractivity contribution < 1.29 is 19.1 Å². The molecule has 0 unspecified atom stereocenters. The van der Waals surface area contributed by atoms with Gasteiger partial charge in [-0.2, -0.15) is 10.4 Å². The first-order chi connectivity index (χ1) is 18.2. The third-order valence-electron chi connectivity index (χ3n) is 7.96. The average Bonchev–Trinajstić information content (AvgIpc) is 3.67. The number of fused-ring (bicyclic) bond motifs is 2. The number of aromatic nitrogens is 2. The third-order valence-corrected chi connectivity index (χ3v) is 9.12. The smallest absolute Gasteiger partial charge is 0.411 e. The van der Waals surface area contributed by atoms with E-state index in [1.807, 2.05) is 31.6 Å². The van der Waals surface area contributed by atoms with Crippen molar-refractivity contribution >= 4 is 23.2 Å². The van der Waals surface area contributed by atoms with Crippen LogP contribution in [0.25, 0.3) is 10.4 Å². The van der Waals surface area contributed by atoms with Crippen LogP contribution in [0.3, 0.4) is 0 Å². The van der Waals surface area contributed by atoms with Gasteiger partial charge in [0, 0.05) is 53.7 Å². The van der Waals surface area contributed by atoms with Gasteiger partial charge in [0.05, 0.1) is 24.2 Å². The lowest BCUT2D eigenvalue weighted by Crippen LogP contribution is -2.51. The van der Waals surface area contributed by atoms with Crippen molar-refractivity contribution in [3.8, 4) is 16.5 Å². The Hall–Kier alpha value is -2.70. The Morgan fingerprint density at radius 2 is 2.03 bits per heavy atom.